The number of nitrogens with zero attached hydrogens (tertiary/aromatic N) is 2. The number of benzene rings is 1. The van der Waals surface area contributed by atoms with Crippen molar-refractivity contribution in [3.05, 3.63) is 40.6 Å². The Labute approximate surface area is 130 Å². The van der Waals surface area contributed by atoms with Crippen LogP contribution < -0.4 is 0 Å². The molecule has 1 spiro atoms. The Hall–Kier alpha value is -1.72. The van der Waals surface area contributed by atoms with Gasteiger partial charge < -0.3 is 10.4 Å². The second kappa shape index (κ2) is 4.89. The molecule has 1 saturated carbocycles. The summed E-state index contributed by atoms with van der Waals surface area (Å²) in [7, 11) is 0. The fraction of sp³-hybridized carbons (Fsp3) is 0.529. The summed E-state index contributed by atoms with van der Waals surface area (Å²) in [4.78, 5) is 12.5. The number of carbonyl (C=O) groups excluding carboxylic acids is 1. The summed E-state index contributed by atoms with van der Waals surface area (Å²) in [6.07, 6.45) is 2.25. The van der Waals surface area contributed by atoms with Crippen LogP contribution in [0.4, 0.5) is 0 Å². The van der Waals surface area contributed by atoms with Gasteiger partial charge in [-0.3, -0.25) is 4.79 Å². The molecule has 0 amide bonds. The number of ketones is 1. The molecule has 1 N–H and O–H groups in total. The molecule has 0 saturated heterocycles. The minimum Gasteiger partial charge on any atom is -0.622 e. The Morgan fingerprint density at radius 2 is 1.86 bits per heavy atom. The van der Waals surface area contributed by atoms with Gasteiger partial charge in [0.05, 0.1) is 0 Å². The van der Waals surface area contributed by atoms with Crippen molar-refractivity contribution in [1.82, 2.24) is 5.06 Å². The molecule has 3 rings (SSSR count). The van der Waals surface area contributed by atoms with Gasteiger partial charge in [-0.15, -0.1) is 5.06 Å². The highest BCUT2D eigenvalue weighted by atomic mass is 16.6. The van der Waals surface area contributed by atoms with E-state index in [4.69, 9.17) is 0 Å². The van der Waals surface area contributed by atoms with Gasteiger partial charge in [0.2, 0.25) is 11.5 Å². The first kappa shape index (κ1) is 15.2. The molecule has 1 atom stereocenters. The van der Waals surface area contributed by atoms with Crippen LogP contribution in [0.15, 0.2) is 24.3 Å². The monoisotopic (exact) mass is 302 g/mol. The first-order valence-corrected chi connectivity index (χ1v) is 7.76. The third kappa shape index (κ3) is 1.85. The Morgan fingerprint density at radius 1 is 1.23 bits per heavy atom. The van der Waals surface area contributed by atoms with E-state index < -0.39 is 11.2 Å². The summed E-state index contributed by atoms with van der Waals surface area (Å²) in [5, 5.41) is 24.8. The molecule has 1 fully saturated rings. The van der Waals surface area contributed by atoms with Crippen molar-refractivity contribution in [3.63, 3.8) is 0 Å². The summed E-state index contributed by atoms with van der Waals surface area (Å²) in [6.45, 7) is 5.54. The quantitative estimate of drug-likeness (QED) is 0.639. The first-order valence-electron chi connectivity index (χ1n) is 7.76. The van der Waals surface area contributed by atoms with Crippen LogP contribution in [0.2, 0.25) is 0 Å². The van der Waals surface area contributed by atoms with Gasteiger partial charge in [0.15, 0.2) is 0 Å². The highest BCUT2D eigenvalue weighted by Crippen LogP contribution is 2.41. The van der Waals surface area contributed by atoms with Crippen LogP contribution in [0.1, 0.15) is 50.7 Å². The van der Waals surface area contributed by atoms with Crippen molar-refractivity contribution < 1.29 is 14.7 Å². The third-order valence-electron chi connectivity index (χ3n) is 4.95. The van der Waals surface area contributed by atoms with Crippen molar-refractivity contribution in [3.8, 4) is 0 Å². The standard InChI is InChI=1S/C17H22N2O3/c1-12-7-9-13(10-8-12)15-16(2,3)19(22)17(18(15)21)11-5-4-6-14(17)20/h7-10,22H,4-6,11H2,1-3H3/t17-/m0/s1. The van der Waals surface area contributed by atoms with Crippen LogP contribution in [0.3, 0.4) is 0 Å². The summed E-state index contributed by atoms with van der Waals surface area (Å²) < 4.78 is 0.763. The highest BCUT2D eigenvalue weighted by Gasteiger charge is 2.66. The zero-order valence-corrected chi connectivity index (χ0v) is 13.3. The van der Waals surface area contributed by atoms with E-state index in [2.05, 4.69) is 0 Å². The molecule has 118 valence electrons. The fourth-order valence-electron chi connectivity index (χ4n) is 3.70. The molecule has 0 radical (unpaired) electrons. The first-order chi connectivity index (χ1) is 10.3. The maximum atomic E-state index is 13.1. The van der Waals surface area contributed by atoms with Gasteiger partial charge in [-0.1, -0.05) is 17.7 Å². The van der Waals surface area contributed by atoms with Gasteiger partial charge in [-0.25, -0.2) is 0 Å². The average Bonchev–Trinajstić information content (AvgIpc) is 2.62. The van der Waals surface area contributed by atoms with Gasteiger partial charge in [-0.05, 0) is 45.7 Å². The molecule has 5 nitrogen and oxygen atoms in total. The number of rotatable bonds is 1. The lowest BCUT2D eigenvalue weighted by Crippen LogP contribution is -2.60. The Balaban J connectivity index is 2.20. The molecule has 1 aliphatic carbocycles. The molecule has 1 aromatic carbocycles. The van der Waals surface area contributed by atoms with Gasteiger partial charge in [-0.2, -0.15) is 4.74 Å². The van der Waals surface area contributed by atoms with Crippen molar-refractivity contribution >= 4 is 11.5 Å². The zero-order chi connectivity index (χ0) is 16.1. The minimum absolute atomic E-state index is 0.188. The third-order valence-corrected chi connectivity index (χ3v) is 4.95. The molecular formula is C17H22N2O3. The zero-order valence-electron chi connectivity index (χ0n) is 13.3. The van der Waals surface area contributed by atoms with Crippen molar-refractivity contribution in [2.45, 2.75) is 57.7 Å². The van der Waals surface area contributed by atoms with Gasteiger partial charge in [0.1, 0.15) is 5.54 Å². The maximum absolute atomic E-state index is 13.1. The molecule has 5 heteroatoms. The summed E-state index contributed by atoms with van der Waals surface area (Å²) in [5.74, 6) is -0.188. The molecular weight excluding hydrogens is 280 g/mol. The van der Waals surface area contributed by atoms with E-state index in [0.717, 1.165) is 33.8 Å². The van der Waals surface area contributed by atoms with Gasteiger partial charge in [0, 0.05) is 18.4 Å². The number of Topliss-reactive ketones (excluding diaryl/α,β-unsaturated/α-hetero) is 1. The van der Waals surface area contributed by atoms with E-state index in [0.29, 0.717) is 18.6 Å². The largest absolute Gasteiger partial charge is 0.622 e. The second-order valence-corrected chi connectivity index (χ2v) is 6.83. The normalized spacial score (nSPS) is 28.6. The van der Waals surface area contributed by atoms with Crippen LogP contribution in [0, 0.1) is 12.1 Å². The molecule has 1 aliphatic heterocycles. The van der Waals surface area contributed by atoms with Gasteiger partial charge in [0.25, 0.3) is 0 Å². The smallest absolute Gasteiger partial charge is 0.310 e. The van der Waals surface area contributed by atoms with Crippen LogP contribution in [-0.2, 0) is 4.79 Å². The van der Waals surface area contributed by atoms with Crippen molar-refractivity contribution in [1.29, 1.82) is 0 Å². The Morgan fingerprint density at radius 3 is 2.45 bits per heavy atom. The lowest BCUT2D eigenvalue weighted by molar-refractivity contribution is -0.573. The van der Waals surface area contributed by atoms with E-state index in [-0.39, 0.29) is 5.78 Å². The van der Waals surface area contributed by atoms with E-state index in [1.165, 1.54) is 0 Å². The number of hydroxylamine groups is 3. The molecule has 0 unspecified atom stereocenters. The number of carbonyl (C=O) groups is 1. The van der Waals surface area contributed by atoms with E-state index in [9.17, 15) is 15.2 Å². The van der Waals surface area contributed by atoms with Crippen LogP contribution in [0.25, 0.3) is 0 Å². The van der Waals surface area contributed by atoms with Gasteiger partial charge >= 0.3 is 5.66 Å². The van der Waals surface area contributed by atoms with Crippen molar-refractivity contribution in [2.75, 3.05) is 0 Å². The highest BCUT2D eigenvalue weighted by molar-refractivity contribution is 6.06. The number of hydrogen-bond donors (Lipinski definition) is 1. The number of hydrogen-bond acceptors (Lipinski definition) is 4. The van der Waals surface area contributed by atoms with Crippen LogP contribution >= 0.6 is 0 Å². The summed E-state index contributed by atoms with van der Waals surface area (Å²) in [5.41, 5.74) is -0.0709. The lowest BCUT2D eigenvalue weighted by Gasteiger charge is -2.36. The average molecular weight is 302 g/mol. The lowest BCUT2D eigenvalue weighted by atomic mass is 9.86. The molecule has 0 bridgehead atoms. The molecule has 1 aromatic rings. The SMILES string of the molecule is Cc1ccc(C2=[N+]([O-])[C@@]3(CCCCC3=O)N(O)C2(C)C)cc1. The molecule has 2 aliphatic rings. The molecule has 22 heavy (non-hydrogen) atoms. The van der Waals surface area contributed by atoms with E-state index in [1.54, 1.807) is 13.8 Å². The minimum atomic E-state index is -1.46. The Bertz CT molecular complexity index is 648. The maximum Gasteiger partial charge on any atom is 0.310 e. The van der Waals surface area contributed by atoms with Crippen LogP contribution in [0.5, 0.6) is 0 Å². The second-order valence-electron chi connectivity index (χ2n) is 6.83. The predicted octanol–water partition coefficient (Wildman–Crippen LogP) is 2.62. The Kier molecular flexibility index (Phi) is 3.38. The van der Waals surface area contributed by atoms with Crippen molar-refractivity contribution in [2.24, 2.45) is 0 Å². The molecule has 1 heterocycles. The topological polar surface area (TPSA) is 66.6 Å². The predicted molar refractivity (Wildman–Crippen MR) is 82.8 cm³/mol. The number of aryl methyl sites for hydroxylation is 1. The summed E-state index contributed by atoms with van der Waals surface area (Å²) >= 11 is 0. The fourth-order valence-corrected chi connectivity index (χ4v) is 3.70. The summed E-state index contributed by atoms with van der Waals surface area (Å²) in [6, 6.07) is 7.61. The van der Waals surface area contributed by atoms with E-state index >= 15 is 0 Å². The molecule has 0 aromatic heterocycles. The van der Waals surface area contributed by atoms with E-state index in [1.807, 2.05) is 31.2 Å². The van der Waals surface area contributed by atoms with Crippen LogP contribution in [-0.4, -0.2) is 37.7 Å².